The number of hydrogen-bond donors (Lipinski definition) is 2. The number of carbonyl (C=O) groups is 1. The highest BCUT2D eigenvalue weighted by molar-refractivity contribution is 5.88. The van der Waals surface area contributed by atoms with Gasteiger partial charge >= 0.3 is 0 Å². The first-order valence-corrected chi connectivity index (χ1v) is 13.3. The number of carbonyl (C=O) groups excluding carboxylic acids is 1. The molecule has 1 aromatic carbocycles. The molecule has 3 aliphatic rings. The van der Waals surface area contributed by atoms with Crippen molar-refractivity contribution in [3.63, 3.8) is 0 Å². The third-order valence-electron chi connectivity index (χ3n) is 9.92. The van der Waals surface area contributed by atoms with E-state index in [0.29, 0.717) is 23.0 Å². The van der Waals surface area contributed by atoms with Crippen molar-refractivity contribution in [1.82, 2.24) is 0 Å². The summed E-state index contributed by atoms with van der Waals surface area (Å²) in [4.78, 5) is 13.6. The van der Waals surface area contributed by atoms with Gasteiger partial charge in [0.15, 0.2) is 5.78 Å². The van der Waals surface area contributed by atoms with Crippen LogP contribution in [0.2, 0.25) is 0 Å². The Morgan fingerprint density at radius 3 is 2.64 bits per heavy atom. The van der Waals surface area contributed by atoms with Gasteiger partial charge in [0.05, 0.1) is 19.3 Å². The van der Waals surface area contributed by atoms with Crippen LogP contribution in [0, 0.1) is 40.9 Å². The van der Waals surface area contributed by atoms with Crippen molar-refractivity contribution in [3.05, 3.63) is 18.2 Å². The summed E-state index contributed by atoms with van der Waals surface area (Å²) < 4.78 is 5.45. The zero-order valence-corrected chi connectivity index (χ0v) is 21.2. The average molecular weight is 456 g/mol. The predicted molar refractivity (Wildman–Crippen MR) is 136 cm³/mol. The van der Waals surface area contributed by atoms with Gasteiger partial charge in [0.25, 0.3) is 0 Å². The van der Waals surface area contributed by atoms with Gasteiger partial charge in [-0.05, 0) is 85.7 Å². The number of hydrogen-bond acceptors (Lipinski definition) is 5. The Kier molecular flexibility index (Phi) is 7.28. The van der Waals surface area contributed by atoms with E-state index in [-0.39, 0.29) is 23.7 Å². The quantitative estimate of drug-likeness (QED) is 0.293. The molecule has 0 bridgehead atoms. The van der Waals surface area contributed by atoms with Crippen LogP contribution in [-0.2, 0) is 4.79 Å². The van der Waals surface area contributed by atoms with E-state index >= 15 is 0 Å². The monoisotopic (exact) mass is 455 g/mol. The Balaban J connectivity index is 1.50. The minimum absolute atomic E-state index is 0.0963. The maximum absolute atomic E-state index is 13.6. The summed E-state index contributed by atoms with van der Waals surface area (Å²) in [5, 5.41) is 1.50. The molecule has 0 aliphatic heterocycles. The minimum atomic E-state index is 0.0963. The number of ether oxygens (including phenoxy) is 1. The van der Waals surface area contributed by atoms with E-state index in [2.05, 4.69) is 20.8 Å². The number of para-hydroxylation sites is 1. The molecule has 0 amide bonds. The highest BCUT2D eigenvalue weighted by Crippen LogP contribution is 2.63. The number of nitrogens with zero attached hydrogens (tertiary/aromatic N) is 1. The van der Waals surface area contributed by atoms with Gasteiger partial charge in [0.1, 0.15) is 11.4 Å². The third-order valence-corrected chi connectivity index (χ3v) is 9.92. The smallest absolute Gasteiger partial charge is 0.157 e. The summed E-state index contributed by atoms with van der Waals surface area (Å²) in [6.45, 7) is 7.34. The topological polar surface area (TPSA) is 81.6 Å². The molecule has 4 rings (SSSR count). The number of fused-ring (bicyclic) bond motifs is 3. The van der Waals surface area contributed by atoms with E-state index in [1.165, 1.54) is 56.4 Å². The van der Waals surface area contributed by atoms with Crippen molar-refractivity contribution in [3.8, 4) is 5.75 Å². The van der Waals surface area contributed by atoms with Crippen molar-refractivity contribution in [2.24, 2.45) is 46.8 Å². The van der Waals surface area contributed by atoms with E-state index in [0.717, 1.165) is 30.1 Å². The Morgan fingerprint density at radius 2 is 1.94 bits per heavy atom. The lowest BCUT2D eigenvalue weighted by Gasteiger charge is -2.54. The van der Waals surface area contributed by atoms with Gasteiger partial charge in [-0.3, -0.25) is 9.80 Å². The summed E-state index contributed by atoms with van der Waals surface area (Å²) in [6, 6.07) is 5.48. The summed E-state index contributed by atoms with van der Waals surface area (Å²) in [7, 11) is 1.61. The molecule has 3 saturated carbocycles. The van der Waals surface area contributed by atoms with Gasteiger partial charge in [0.2, 0.25) is 0 Å². The third kappa shape index (κ3) is 4.26. The van der Waals surface area contributed by atoms with Gasteiger partial charge < -0.3 is 10.5 Å². The van der Waals surface area contributed by atoms with E-state index in [4.69, 9.17) is 16.3 Å². The van der Waals surface area contributed by atoms with Crippen LogP contribution in [-0.4, -0.2) is 19.4 Å². The average Bonchev–Trinajstić information content (AvgIpc) is 3.16. The molecule has 3 aliphatic carbocycles. The molecule has 0 heterocycles. The number of methoxy groups -OCH3 is 1. The number of hydrazine groups is 1. The second-order valence-corrected chi connectivity index (χ2v) is 11.3. The zero-order valence-electron chi connectivity index (χ0n) is 21.2. The Hall–Kier alpha value is -1.75. The van der Waals surface area contributed by atoms with Crippen LogP contribution in [0.25, 0.3) is 0 Å². The van der Waals surface area contributed by atoms with Crippen LogP contribution < -0.4 is 21.3 Å². The Labute approximate surface area is 200 Å². The van der Waals surface area contributed by atoms with E-state index in [1.807, 2.05) is 12.1 Å². The first-order valence-electron chi connectivity index (χ1n) is 13.3. The largest absolute Gasteiger partial charge is 0.494 e. The first-order chi connectivity index (χ1) is 15.8. The molecule has 0 aromatic heterocycles. The highest BCUT2D eigenvalue weighted by atomic mass is 16.5. The van der Waals surface area contributed by atoms with Crippen LogP contribution in [0.3, 0.4) is 0 Å². The van der Waals surface area contributed by atoms with Crippen molar-refractivity contribution >= 4 is 17.2 Å². The second kappa shape index (κ2) is 9.85. The fraction of sp³-hybridized carbons (Fsp3) is 0.750. The maximum atomic E-state index is 13.6. The van der Waals surface area contributed by atoms with Crippen LogP contribution in [0.15, 0.2) is 18.2 Å². The SMILES string of the molecule is CCCC1C(CC)CCC2C1CCC1(C)C(C(=O)CN(N)c3c(N)cccc3OC)CCC21. The molecule has 4 N–H and O–H groups in total. The fourth-order valence-electron chi connectivity index (χ4n) is 8.42. The highest BCUT2D eigenvalue weighted by Gasteiger charge is 2.57. The lowest BCUT2D eigenvalue weighted by molar-refractivity contribution is -0.128. The van der Waals surface area contributed by atoms with E-state index in [1.54, 1.807) is 13.2 Å². The molecule has 33 heavy (non-hydrogen) atoms. The number of nitrogen functional groups attached to an aromatic ring is 1. The molecule has 0 spiro atoms. The number of anilines is 2. The van der Waals surface area contributed by atoms with Gasteiger partial charge in [-0.2, -0.15) is 0 Å². The van der Waals surface area contributed by atoms with E-state index < -0.39 is 0 Å². The lowest BCUT2D eigenvalue weighted by Crippen LogP contribution is -2.49. The number of ketones is 1. The summed E-state index contributed by atoms with van der Waals surface area (Å²) >= 11 is 0. The predicted octanol–water partition coefficient (Wildman–Crippen LogP) is 5.82. The van der Waals surface area contributed by atoms with Gasteiger partial charge in [-0.1, -0.05) is 46.1 Å². The van der Waals surface area contributed by atoms with Gasteiger partial charge in [0, 0.05) is 5.92 Å². The number of benzene rings is 1. The Bertz CT molecular complexity index is 842. The molecule has 5 heteroatoms. The van der Waals surface area contributed by atoms with Crippen molar-refractivity contribution < 1.29 is 9.53 Å². The molecule has 0 saturated heterocycles. The fourth-order valence-corrected chi connectivity index (χ4v) is 8.42. The summed E-state index contributed by atoms with van der Waals surface area (Å²) in [6.07, 6.45) is 11.5. The number of nitrogens with two attached hydrogens (primary N) is 2. The first kappa shape index (κ1) is 24.4. The molecule has 7 atom stereocenters. The van der Waals surface area contributed by atoms with E-state index in [9.17, 15) is 4.79 Å². The molecular formula is C28H45N3O2. The number of rotatable bonds is 8. The molecule has 7 unspecified atom stereocenters. The molecule has 184 valence electrons. The molecular weight excluding hydrogens is 410 g/mol. The number of Topliss-reactive ketones (excluding diaryl/α,β-unsaturated/α-hetero) is 1. The summed E-state index contributed by atoms with van der Waals surface area (Å²) in [5.41, 5.74) is 7.44. The van der Waals surface area contributed by atoms with Gasteiger partial charge in [-0.25, -0.2) is 5.84 Å². The zero-order chi connectivity index (χ0) is 23.8. The minimum Gasteiger partial charge on any atom is -0.494 e. The Morgan fingerprint density at radius 1 is 1.15 bits per heavy atom. The second-order valence-electron chi connectivity index (χ2n) is 11.3. The maximum Gasteiger partial charge on any atom is 0.157 e. The standard InChI is InChI=1S/C28H45N3O2/c1-5-8-19-18(6-2)11-12-21-20(19)15-16-28(3)22(21)13-14-23(28)25(32)17-31(30)27-24(29)9-7-10-26(27)33-4/h7,9-10,18-23H,5-6,8,11-17,29-30H2,1-4H3. The summed E-state index contributed by atoms with van der Waals surface area (Å²) in [5.74, 6) is 11.5. The van der Waals surface area contributed by atoms with Crippen LogP contribution in [0.5, 0.6) is 5.75 Å². The van der Waals surface area contributed by atoms with Crippen molar-refractivity contribution in [2.45, 2.75) is 78.6 Å². The normalized spacial score (nSPS) is 35.5. The molecule has 1 aromatic rings. The molecule has 5 nitrogen and oxygen atoms in total. The van der Waals surface area contributed by atoms with Crippen molar-refractivity contribution in [1.29, 1.82) is 0 Å². The molecule has 3 fully saturated rings. The van der Waals surface area contributed by atoms with Crippen molar-refractivity contribution in [2.75, 3.05) is 24.4 Å². The van der Waals surface area contributed by atoms with Crippen LogP contribution in [0.4, 0.5) is 11.4 Å². The van der Waals surface area contributed by atoms with Gasteiger partial charge in [-0.15, -0.1) is 0 Å². The van der Waals surface area contributed by atoms with Crippen LogP contribution in [0.1, 0.15) is 78.6 Å². The molecule has 0 radical (unpaired) electrons. The van der Waals surface area contributed by atoms with Crippen LogP contribution >= 0.6 is 0 Å². The lowest BCUT2D eigenvalue weighted by atomic mass is 9.50.